The van der Waals surface area contributed by atoms with Gasteiger partial charge in [0.2, 0.25) is 5.91 Å². The number of thiazole rings is 1. The lowest BCUT2D eigenvalue weighted by molar-refractivity contribution is -0.115. The van der Waals surface area contributed by atoms with Crippen LogP contribution in [0.2, 0.25) is 0 Å². The smallest absolute Gasteiger partial charge is 0.240 e. The average Bonchev–Trinajstić information content (AvgIpc) is 2.49. The highest BCUT2D eigenvalue weighted by molar-refractivity contribution is 7.13. The van der Waals surface area contributed by atoms with Gasteiger partial charge in [-0.05, 0) is 18.9 Å². The molecule has 0 fully saturated rings. The van der Waals surface area contributed by atoms with Gasteiger partial charge < -0.3 is 10.6 Å². The van der Waals surface area contributed by atoms with Crippen LogP contribution >= 0.6 is 11.3 Å². The number of rotatable bonds is 4. The van der Waals surface area contributed by atoms with Crippen LogP contribution in [0.3, 0.4) is 0 Å². The molecule has 0 aromatic carbocycles. The van der Waals surface area contributed by atoms with Gasteiger partial charge in [0.1, 0.15) is 0 Å². The third kappa shape index (κ3) is 4.72. The van der Waals surface area contributed by atoms with E-state index in [9.17, 15) is 4.79 Å². The van der Waals surface area contributed by atoms with Gasteiger partial charge in [0, 0.05) is 5.38 Å². The monoisotopic (exact) mass is 241 g/mol. The first kappa shape index (κ1) is 13.1. The van der Waals surface area contributed by atoms with Crippen LogP contribution < -0.4 is 10.6 Å². The van der Waals surface area contributed by atoms with Gasteiger partial charge in [-0.1, -0.05) is 20.8 Å². The summed E-state index contributed by atoms with van der Waals surface area (Å²) in [6, 6.07) is 0. The van der Waals surface area contributed by atoms with Crippen molar-refractivity contribution in [3.05, 3.63) is 11.1 Å². The van der Waals surface area contributed by atoms with E-state index in [1.807, 2.05) is 5.38 Å². The normalized spacial score (nSPS) is 11.5. The van der Waals surface area contributed by atoms with E-state index in [1.54, 1.807) is 7.05 Å². The van der Waals surface area contributed by atoms with Crippen molar-refractivity contribution in [3.63, 3.8) is 0 Å². The van der Waals surface area contributed by atoms with E-state index in [1.165, 1.54) is 11.3 Å². The van der Waals surface area contributed by atoms with Crippen molar-refractivity contribution >= 4 is 22.4 Å². The summed E-state index contributed by atoms with van der Waals surface area (Å²) in [4.78, 5) is 15.7. The summed E-state index contributed by atoms with van der Waals surface area (Å²) >= 11 is 1.47. The molecule has 2 N–H and O–H groups in total. The van der Waals surface area contributed by atoms with Crippen molar-refractivity contribution < 1.29 is 4.79 Å². The Morgan fingerprint density at radius 1 is 1.50 bits per heavy atom. The van der Waals surface area contributed by atoms with Crippen LogP contribution in [0.15, 0.2) is 5.38 Å². The fourth-order valence-electron chi connectivity index (χ4n) is 1.31. The molecule has 0 spiro atoms. The van der Waals surface area contributed by atoms with E-state index in [0.717, 1.165) is 12.1 Å². The molecule has 0 aliphatic carbocycles. The largest absolute Gasteiger partial charge is 0.311 e. The summed E-state index contributed by atoms with van der Waals surface area (Å²) < 4.78 is 0. The number of carbonyl (C=O) groups excluding carboxylic acids is 1. The van der Waals surface area contributed by atoms with Crippen molar-refractivity contribution in [2.24, 2.45) is 5.41 Å². The topological polar surface area (TPSA) is 54.0 Å². The Hall–Kier alpha value is -0.940. The molecule has 1 amide bonds. The molecule has 0 atom stereocenters. The van der Waals surface area contributed by atoms with Crippen molar-refractivity contribution in [1.82, 2.24) is 10.3 Å². The van der Waals surface area contributed by atoms with Crippen LogP contribution in [0, 0.1) is 5.41 Å². The van der Waals surface area contributed by atoms with Gasteiger partial charge in [0.25, 0.3) is 0 Å². The number of nitrogens with zero attached hydrogens (tertiary/aromatic N) is 1. The Kier molecular flexibility index (Phi) is 4.44. The second-order valence-electron chi connectivity index (χ2n) is 4.96. The van der Waals surface area contributed by atoms with Gasteiger partial charge in [-0.25, -0.2) is 4.98 Å². The maximum absolute atomic E-state index is 11.3. The third-order valence-electron chi connectivity index (χ3n) is 1.85. The van der Waals surface area contributed by atoms with Crippen LogP contribution in [0.5, 0.6) is 0 Å². The molecular weight excluding hydrogens is 222 g/mol. The SMILES string of the molecule is CNCC(=O)Nc1nc(CC(C)(C)C)cs1. The van der Waals surface area contributed by atoms with E-state index in [4.69, 9.17) is 0 Å². The van der Waals surface area contributed by atoms with E-state index in [2.05, 4.69) is 36.4 Å². The minimum atomic E-state index is -0.0563. The quantitative estimate of drug-likeness (QED) is 0.846. The molecule has 1 aromatic heterocycles. The van der Waals surface area contributed by atoms with Gasteiger partial charge in [-0.15, -0.1) is 11.3 Å². The maximum Gasteiger partial charge on any atom is 0.240 e. The van der Waals surface area contributed by atoms with E-state index < -0.39 is 0 Å². The maximum atomic E-state index is 11.3. The molecule has 0 saturated carbocycles. The molecule has 0 aliphatic rings. The number of nitrogens with one attached hydrogen (secondary N) is 2. The Balaban J connectivity index is 2.55. The van der Waals surface area contributed by atoms with E-state index >= 15 is 0 Å². The molecule has 16 heavy (non-hydrogen) atoms. The van der Waals surface area contributed by atoms with Crippen LogP contribution in [0.1, 0.15) is 26.5 Å². The van der Waals surface area contributed by atoms with Gasteiger partial charge >= 0.3 is 0 Å². The standard InChI is InChI=1S/C11H19N3OS/c1-11(2,3)5-8-7-16-10(13-8)14-9(15)6-12-4/h7,12H,5-6H2,1-4H3,(H,13,14,15). The summed E-state index contributed by atoms with van der Waals surface area (Å²) in [6.07, 6.45) is 0.922. The Morgan fingerprint density at radius 3 is 2.75 bits per heavy atom. The predicted molar refractivity (Wildman–Crippen MR) is 67.8 cm³/mol. The molecule has 90 valence electrons. The van der Waals surface area contributed by atoms with Crippen LogP contribution in [-0.2, 0) is 11.2 Å². The zero-order valence-corrected chi connectivity index (χ0v) is 11.1. The van der Waals surface area contributed by atoms with Gasteiger partial charge in [0.15, 0.2) is 5.13 Å². The molecule has 1 aromatic rings. The number of likely N-dealkylation sites (N-methyl/N-ethyl adjacent to an activating group) is 1. The number of amides is 1. The first-order valence-electron chi connectivity index (χ1n) is 5.29. The summed E-state index contributed by atoms with van der Waals surface area (Å²) in [5.41, 5.74) is 1.26. The second-order valence-corrected chi connectivity index (χ2v) is 5.82. The van der Waals surface area contributed by atoms with Crippen LogP contribution in [-0.4, -0.2) is 24.5 Å². The van der Waals surface area contributed by atoms with Gasteiger partial charge in [0.05, 0.1) is 12.2 Å². The molecular formula is C11H19N3OS. The lowest BCUT2D eigenvalue weighted by Crippen LogP contribution is -2.25. The van der Waals surface area contributed by atoms with Crippen molar-refractivity contribution in [3.8, 4) is 0 Å². The van der Waals surface area contributed by atoms with Crippen molar-refractivity contribution in [1.29, 1.82) is 0 Å². The molecule has 5 heteroatoms. The number of carbonyl (C=O) groups is 1. The van der Waals surface area contributed by atoms with Crippen LogP contribution in [0.4, 0.5) is 5.13 Å². The second kappa shape index (κ2) is 5.41. The molecule has 0 saturated heterocycles. The summed E-state index contributed by atoms with van der Waals surface area (Å²) in [7, 11) is 1.74. The third-order valence-corrected chi connectivity index (χ3v) is 2.65. The first-order chi connectivity index (χ1) is 7.40. The average molecular weight is 241 g/mol. The molecule has 0 aliphatic heterocycles. The van der Waals surface area contributed by atoms with Gasteiger partial charge in [-0.2, -0.15) is 0 Å². The summed E-state index contributed by atoms with van der Waals surface area (Å²) in [6.45, 7) is 6.83. The zero-order valence-electron chi connectivity index (χ0n) is 10.3. The molecule has 1 rings (SSSR count). The van der Waals surface area contributed by atoms with E-state index in [0.29, 0.717) is 11.7 Å². The Bertz CT molecular complexity index is 354. The van der Waals surface area contributed by atoms with Gasteiger partial charge in [-0.3, -0.25) is 4.79 Å². The molecule has 0 unspecified atom stereocenters. The Morgan fingerprint density at radius 2 is 2.19 bits per heavy atom. The lowest BCUT2D eigenvalue weighted by Gasteiger charge is -2.15. The number of hydrogen-bond acceptors (Lipinski definition) is 4. The molecule has 0 bridgehead atoms. The minimum absolute atomic E-state index is 0.0563. The predicted octanol–water partition coefficient (Wildman–Crippen LogP) is 1.89. The molecule has 1 heterocycles. The number of anilines is 1. The lowest BCUT2D eigenvalue weighted by atomic mass is 9.91. The highest BCUT2D eigenvalue weighted by atomic mass is 32.1. The van der Waals surface area contributed by atoms with Crippen molar-refractivity contribution in [2.45, 2.75) is 27.2 Å². The first-order valence-corrected chi connectivity index (χ1v) is 6.17. The number of hydrogen-bond donors (Lipinski definition) is 2. The molecule has 0 radical (unpaired) electrons. The summed E-state index contributed by atoms with van der Waals surface area (Å²) in [5.74, 6) is -0.0563. The van der Waals surface area contributed by atoms with Crippen molar-refractivity contribution in [2.75, 3.05) is 18.9 Å². The molecule has 4 nitrogen and oxygen atoms in total. The number of aromatic nitrogens is 1. The highest BCUT2D eigenvalue weighted by Gasteiger charge is 2.14. The fourth-order valence-corrected chi connectivity index (χ4v) is 2.04. The summed E-state index contributed by atoms with van der Waals surface area (Å²) in [5, 5.41) is 8.23. The fraction of sp³-hybridized carbons (Fsp3) is 0.636. The zero-order chi connectivity index (χ0) is 12.2. The Labute approximate surface area is 100 Å². The van der Waals surface area contributed by atoms with E-state index in [-0.39, 0.29) is 11.3 Å². The minimum Gasteiger partial charge on any atom is -0.311 e. The highest BCUT2D eigenvalue weighted by Crippen LogP contribution is 2.23. The van der Waals surface area contributed by atoms with Crippen LogP contribution in [0.25, 0.3) is 0 Å².